The van der Waals surface area contributed by atoms with Gasteiger partial charge in [-0.3, -0.25) is 4.79 Å². The summed E-state index contributed by atoms with van der Waals surface area (Å²) in [5.41, 5.74) is 0.212. The molecule has 0 aliphatic heterocycles. The Balaban J connectivity index is 1.83. The average Bonchev–Trinajstić information content (AvgIpc) is 2.79. The maximum absolute atomic E-state index is 12.2. The van der Waals surface area contributed by atoms with Gasteiger partial charge in [0, 0.05) is 25.4 Å². The van der Waals surface area contributed by atoms with Gasteiger partial charge in [0.1, 0.15) is 0 Å². The zero-order valence-corrected chi connectivity index (χ0v) is 14.5. The first-order valence-corrected chi connectivity index (χ1v) is 10.2. The summed E-state index contributed by atoms with van der Waals surface area (Å²) >= 11 is 0. The second-order valence-electron chi connectivity index (χ2n) is 6.17. The van der Waals surface area contributed by atoms with Crippen molar-refractivity contribution in [2.75, 3.05) is 19.3 Å². The van der Waals surface area contributed by atoms with E-state index in [2.05, 4.69) is 10.6 Å². The van der Waals surface area contributed by atoms with Gasteiger partial charge in [-0.1, -0.05) is 37.8 Å². The maximum atomic E-state index is 12.2. The fraction of sp³-hybridized carbons (Fsp3) is 0.588. The number of sulfone groups is 1. The highest BCUT2D eigenvalue weighted by Gasteiger charge is 2.18. The van der Waals surface area contributed by atoms with Crippen LogP contribution in [0, 0.1) is 0 Å². The average molecular weight is 338 g/mol. The van der Waals surface area contributed by atoms with Crippen LogP contribution in [0.5, 0.6) is 0 Å². The summed E-state index contributed by atoms with van der Waals surface area (Å²) in [6.45, 7) is 1.20. The molecule has 1 aliphatic rings. The van der Waals surface area contributed by atoms with Crippen molar-refractivity contribution in [3.8, 4) is 0 Å². The summed E-state index contributed by atoms with van der Waals surface area (Å²) in [7, 11) is -3.41. The van der Waals surface area contributed by atoms with Gasteiger partial charge in [0.05, 0.1) is 10.5 Å². The van der Waals surface area contributed by atoms with Crippen molar-refractivity contribution >= 4 is 15.7 Å². The highest BCUT2D eigenvalue weighted by molar-refractivity contribution is 7.90. The van der Waals surface area contributed by atoms with Gasteiger partial charge in [-0.25, -0.2) is 8.42 Å². The van der Waals surface area contributed by atoms with E-state index in [9.17, 15) is 13.2 Å². The lowest BCUT2D eigenvalue weighted by Gasteiger charge is -2.16. The van der Waals surface area contributed by atoms with E-state index in [1.807, 2.05) is 0 Å². The van der Waals surface area contributed by atoms with Crippen molar-refractivity contribution in [3.05, 3.63) is 29.8 Å². The van der Waals surface area contributed by atoms with Crippen LogP contribution in [-0.2, 0) is 9.84 Å². The third kappa shape index (κ3) is 5.62. The number of hydrogen-bond acceptors (Lipinski definition) is 4. The van der Waals surface area contributed by atoms with Gasteiger partial charge in [0.15, 0.2) is 9.84 Å². The van der Waals surface area contributed by atoms with E-state index in [4.69, 9.17) is 0 Å². The molecule has 23 heavy (non-hydrogen) atoms. The van der Waals surface area contributed by atoms with Crippen LogP contribution in [0.1, 0.15) is 48.9 Å². The van der Waals surface area contributed by atoms with Crippen molar-refractivity contribution in [1.29, 1.82) is 0 Å². The number of rotatable bonds is 6. The van der Waals surface area contributed by atoms with Crippen molar-refractivity contribution < 1.29 is 13.2 Å². The molecule has 0 unspecified atom stereocenters. The Morgan fingerprint density at radius 2 is 1.74 bits per heavy atom. The van der Waals surface area contributed by atoms with Crippen LogP contribution in [-0.4, -0.2) is 39.7 Å². The highest BCUT2D eigenvalue weighted by atomic mass is 32.2. The second kappa shape index (κ2) is 8.45. The lowest BCUT2D eigenvalue weighted by atomic mass is 10.1. The Bertz CT molecular complexity index is 620. The van der Waals surface area contributed by atoms with Gasteiger partial charge in [-0.15, -0.1) is 0 Å². The number of nitrogens with one attached hydrogen (secondary N) is 2. The Hall–Kier alpha value is -1.40. The second-order valence-corrected chi connectivity index (χ2v) is 8.15. The molecule has 1 amide bonds. The third-order valence-corrected chi connectivity index (χ3v) is 5.38. The molecule has 0 bridgehead atoms. The van der Waals surface area contributed by atoms with Gasteiger partial charge < -0.3 is 10.6 Å². The van der Waals surface area contributed by atoms with Gasteiger partial charge in [0.2, 0.25) is 0 Å². The topological polar surface area (TPSA) is 75.3 Å². The molecule has 2 rings (SSSR count). The third-order valence-electron chi connectivity index (χ3n) is 4.23. The molecule has 1 aliphatic carbocycles. The maximum Gasteiger partial charge on any atom is 0.252 e. The molecule has 1 aromatic rings. The van der Waals surface area contributed by atoms with E-state index in [0.29, 0.717) is 19.1 Å². The van der Waals surface area contributed by atoms with Crippen LogP contribution in [0.15, 0.2) is 29.2 Å². The van der Waals surface area contributed by atoms with E-state index >= 15 is 0 Å². The molecular formula is C17H26N2O3S. The summed E-state index contributed by atoms with van der Waals surface area (Å²) in [6.07, 6.45) is 8.69. The van der Waals surface area contributed by atoms with Gasteiger partial charge in [0.25, 0.3) is 5.91 Å². The molecule has 0 saturated heterocycles. The van der Waals surface area contributed by atoms with Crippen LogP contribution < -0.4 is 10.6 Å². The van der Waals surface area contributed by atoms with Crippen LogP contribution in [0.2, 0.25) is 0 Å². The number of benzene rings is 1. The van der Waals surface area contributed by atoms with Crippen molar-refractivity contribution in [2.45, 2.75) is 49.5 Å². The monoisotopic (exact) mass is 338 g/mol. The molecule has 5 nitrogen and oxygen atoms in total. The Morgan fingerprint density at radius 1 is 1.09 bits per heavy atom. The largest absolute Gasteiger partial charge is 0.351 e. The molecule has 0 radical (unpaired) electrons. The lowest BCUT2D eigenvalue weighted by molar-refractivity contribution is 0.0950. The molecule has 6 heteroatoms. The van der Waals surface area contributed by atoms with E-state index in [1.165, 1.54) is 44.6 Å². The molecule has 128 valence electrons. The smallest absolute Gasteiger partial charge is 0.252 e. The van der Waals surface area contributed by atoms with Crippen molar-refractivity contribution in [1.82, 2.24) is 10.6 Å². The predicted molar refractivity (Wildman–Crippen MR) is 91.4 cm³/mol. The molecule has 0 heterocycles. The molecule has 2 N–H and O–H groups in total. The lowest BCUT2D eigenvalue weighted by Crippen LogP contribution is -2.37. The van der Waals surface area contributed by atoms with E-state index in [-0.39, 0.29) is 16.4 Å². The quantitative estimate of drug-likeness (QED) is 0.615. The van der Waals surface area contributed by atoms with Crippen LogP contribution in [0.4, 0.5) is 0 Å². The van der Waals surface area contributed by atoms with Crippen LogP contribution in [0.3, 0.4) is 0 Å². The summed E-state index contributed by atoms with van der Waals surface area (Å²) in [4.78, 5) is 12.3. The minimum atomic E-state index is -3.41. The number of carbonyl (C=O) groups excluding carboxylic acids is 1. The first-order valence-electron chi connectivity index (χ1n) is 8.29. The Kier molecular flexibility index (Phi) is 6.59. The van der Waals surface area contributed by atoms with Crippen molar-refractivity contribution in [3.63, 3.8) is 0 Å². The van der Waals surface area contributed by atoms with Gasteiger partial charge in [-0.2, -0.15) is 0 Å². The SMILES string of the molecule is CS(=O)(=O)c1ccccc1C(=O)NCCNC1CCCCCC1. The zero-order chi connectivity index (χ0) is 16.7. The van der Waals surface area contributed by atoms with Crippen LogP contribution in [0.25, 0.3) is 0 Å². The summed E-state index contributed by atoms with van der Waals surface area (Å²) in [6, 6.07) is 6.85. The summed E-state index contributed by atoms with van der Waals surface area (Å²) in [5, 5.41) is 6.28. The minimum absolute atomic E-state index is 0.0780. The van der Waals surface area contributed by atoms with Gasteiger partial charge in [-0.05, 0) is 25.0 Å². The molecule has 0 atom stereocenters. The van der Waals surface area contributed by atoms with Crippen LogP contribution >= 0.6 is 0 Å². The first-order chi connectivity index (χ1) is 11.0. The number of amides is 1. The number of hydrogen-bond donors (Lipinski definition) is 2. The fourth-order valence-electron chi connectivity index (χ4n) is 3.01. The molecular weight excluding hydrogens is 312 g/mol. The zero-order valence-electron chi connectivity index (χ0n) is 13.7. The van der Waals surface area contributed by atoms with E-state index in [0.717, 1.165) is 6.26 Å². The predicted octanol–water partition coefficient (Wildman–Crippen LogP) is 2.13. The van der Waals surface area contributed by atoms with E-state index in [1.54, 1.807) is 18.2 Å². The first kappa shape index (κ1) is 17.9. The Labute approximate surface area is 138 Å². The molecule has 1 saturated carbocycles. The highest BCUT2D eigenvalue weighted by Crippen LogP contribution is 2.17. The molecule has 0 spiro atoms. The summed E-state index contributed by atoms with van der Waals surface area (Å²) in [5.74, 6) is -0.339. The summed E-state index contributed by atoms with van der Waals surface area (Å²) < 4.78 is 23.5. The minimum Gasteiger partial charge on any atom is -0.351 e. The molecule has 1 aromatic carbocycles. The fourth-order valence-corrected chi connectivity index (χ4v) is 3.89. The molecule has 1 fully saturated rings. The molecule has 0 aromatic heterocycles. The number of carbonyl (C=O) groups is 1. The Morgan fingerprint density at radius 3 is 2.39 bits per heavy atom. The van der Waals surface area contributed by atoms with Crippen molar-refractivity contribution in [2.24, 2.45) is 0 Å². The van der Waals surface area contributed by atoms with Gasteiger partial charge >= 0.3 is 0 Å². The standard InChI is InChI=1S/C17H26N2O3S/c1-23(21,22)16-11-7-6-10-15(16)17(20)19-13-12-18-14-8-4-2-3-5-9-14/h6-7,10-11,14,18H,2-5,8-9,12-13H2,1H3,(H,19,20). The normalized spacial score (nSPS) is 16.7. The van der Waals surface area contributed by atoms with E-state index < -0.39 is 9.84 Å².